The van der Waals surface area contributed by atoms with Gasteiger partial charge in [0.25, 0.3) is 0 Å². The van der Waals surface area contributed by atoms with Crippen molar-refractivity contribution in [1.29, 1.82) is 0 Å². The zero-order chi connectivity index (χ0) is 7.56. The molecule has 2 unspecified atom stereocenters. The Labute approximate surface area is 61.9 Å². The minimum absolute atomic E-state index is 0.133. The van der Waals surface area contributed by atoms with Crippen molar-refractivity contribution in [3.05, 3.63) is 0 Å². The summed E-state index contributed by atoms with van der Waals surface area (Å²) in [5, 5.41) is 17.8. The number of hydrogen-bond donors (Lipinski definition) is 2. The highest BCUT2D eigenvalue weighted by molar-refractivity contribution is 4.73. The molecule has 0 heterocycles. The van der Waals surface area contributed by atoms with E-state index in [0.717, 1.165) is 19.3 Å². The first-order valence-electron chi connectivity index (χ1n) is 4.08. The van der Waals surface area contributed by atoms with Crippen LogP contribution < -0.4 is 0 Å². The van der Waals surface area contributed by atoms with Gasteiger partial charge in [-0.3, -0.25) is 0 Å². The molecule has 0 radical (unpaired) electrons. The molecule has 2 heteroatoms. The molecule has 0 bridgehead atoms. The van der Waals surface area contributed by atoms with Crippen LogP contribution in [0.25, 0.3) is 0 Å². The average molecular weight is 144 g/mol. The van der Waals surface area contributed by atoms with Gasteiger partial charge < -0.3 is 10.2 Å². The Kier molecular flexibility index (Phi) is 2.69. The van der Waals surface area contributed by atoms with Gasteiger partial charge in [-0.2, -0.15) is 0 Å². The first-order chi connectivity index (χ1) is 4.72. The van der Waals surface area contributed by atoms with Gasteiger partial charge in [0.1, 0.15) is 0 Å². The molecule has 0 aromatic carbocycles. The van der Waals surface area contributed by atoms with Gasteiger partial charge in [-0.15, -0.1) is 0 Å². The smallest absolute Gasteiger partial charge is 0.154 e. The molecule has 2 N–H and O–H groups in total. The summed E-state index contributed by atoms with van der Waals surface area (Å²) in [6.45, 7) is 2.10. The third kappa shape index (κ3) is 1.70. The van der Waals surface area contributed by atoms with Gasteiger partial charge in [0.05, 0.1) is 0 Å². The minimum Gasteiger partial charge on any atom is -0.368 e. The van der Waals surface area contributed by atoms with Crippen molar-refractivity contribution >= 4 is 0 Å². The van der Waals surface area contributed by atoms with Gasteiger partial charge in [0, 0.05) is 5.92 Å². The zero-order valence-electron chi connectivity index (χ0n) is 6.45. The highest BCUT2D eigenvalue weighted by atomic mass is 16.5. The van der Waals surface area contributed by atoms with E-state index in [1.165, 1.54) is 6.42 Å². The lowest BCUT2D eigenvalue weighted by molar-refractivity contribution is -0.107. The van der Waals surface area contributed by atoms with E-state index in [1.54, 1.807) is 0 Å². The fraction of sp³-hybridized carbons (Fsp3) is 1.00. The van der Waals surface area contributed by atoms with E-state index in [1.807, 2.05) is 0 Å². The summed E-state index contributed by atoms with van der Waals surface area (Å²) in [5.41, 5.74) is 0. The molecular weight excluding hydrogens is 128 g/mol. The van der Waals surface area contributed by atoms with Gasteiger partial charge in [0.2, 0.25) is 0 Å². The number of hydrogen-bond acceptors (Lipinski definition) is 2. The molecule has 10 heavy (non-hydrogen) atoms. The molecule has 0 aromatic heterocycles. The van der Waals surface area contributed by atoms with Gasteiger partial charge in [-0.05, 0) is 12.3 Å². The maximum atomic E-state index is 8.90. The molecular formula is C8H16O2. The monoisotopic (exact) mass is 144 g/mol. The predicted octanol–water partition coefficient (Wildman–Crippen LogP) is 1.12. The third-order valence-corrected chi connectivity index (χ3v) is 2.56. The van der Waals surface area contributed by atoms with Crippen LogP contribution in [0.5, 0.6) is 0 Å². The fourth-order valence-corrected chi connectivity index (χ4v) is 1.79. The average Bonchev–Trinajstić information content (AvgIpc) is 1.88. The van der Waals surface area contributed by atoms with E-state index in [9.17, 15) is 0 Å². The van der Waals surface area contributed by atoms with Crippen molar-refractivity contribution in [3.63, 3.8) is 0 Å². The Bertz CT molecular complexity index is 101. The molecule has 1 aliphatic carbocycles. The lowest BCUT2D eigenvalue weighted by atomic mass is 9.80. The van der Waals surface area contributed by atoms with Crippen LogP contribution >= 0.6 is 0 Å². The third-order valence-electron chi connectivity index (χ3n) is 2.56. The number of aliphatic hydroxyl groups excluding tert-OH is 1. The minimum atomic E-state index is -1.09. The Hall–Kier alpha value is -0.0800. The Morgan fingerprint density at radius 3 is 2.20 bits per heavy atom. The second-order valence-electron chi connectivity index (χ2n) is 3.34. The molecule has 60 valence electrons. The van der Waals surface area contributed by atoms with Crippen molar-refractivity contribution in [2.75, 3.05) is 0 Å². The molecule has 1 aliphatic rings. The highest BCUT2D eigenvalue weighted by Crippen LogP contribution is 2.30. The van der Waals surface area contributed by atoms with Crippen LogP contribution in [-0.4, -0.2) is 16.5 Å². The lowest BCUT2D eigenvalue weighted by Crippen LogP contribution is -2.28. The topological polar surface area (TPSA) is 40.5 Å². The molecule has 0 saturated heterocycles. The highest BCUT2D eigenvalue weighted by Gasteiger charge is 2.25. The van der Waals surface area contributed by atoms with Gasteiger partial charge in [-0.25, -0.2) is 0 Å². The van der Waals surface area contributed by atoms with Crippen LogP contribution in [0.15, 0.2) is 0 Å². The fourth-order valence-electron chi connectivity index (χ4n) is 1.79. The van der Waals surface area contributed by atoms with E-state index in [-0.39, 0.29) is 5.92 Å². The number of rotatable bonds is 1. The summed E-state index contributed by atoms with van der Waals surface area (Å²) < 4.78 is 0. The lowest BCUT2D eigenvalue weighted by Gasteiger charge is -2.29. The first-order valence-corrected chi connectivity index (χ1v) is 4.08. The van der Waals surface area contributed by atoms with Crippen LogP contribution in [0.4, 0.5) is 0 Å². The quantitative estimate of drug-likeness (QED) is 0.541. The molecule has 0 aromatic rings. The van der Waals surface area contributed by atoms with Crippen molar-refractivity contribution in [3.8, 4) is 0 Å². The SMILES string of the molecule is CC1CCCCC1C(O)O. The van der Waals surface area contributed by atoms with Gasteiger partial charge in [0.15, 0.2) is 6.29 Å². The Morgan fingerprint density at radius 1 is 1.20 bits per heavy atom. The molecule has 0 amide bonds. The van der Waals surface area contributed by atoms with Crippen molar-refractivity contribution in [2.45, 2.75) is 38.9 Å². The molecule has 0 aliphatic heterocycles. The summed E-state index contributed by atoms with van der Waals surface area (Å²) >= 11 is 0. The van der Waals surface area contributed by atoms with Crippen molar-refractivity contribution in [2.24, 2.45) is 11.8 Å². The molecule has 2 nitrogen and oxygen atoms in total. The summed E-state index contributed by atoms with van der Waals surface area (Å²) in [7, 11) is 0. The summed E-state index contributed by atoms with van der Waals surface area (Å²) in [4.78, 5) is 0. The first kappa shape index (κ1) is 8.02. The predicted molar refractivity (Wildman–Crippen MR) is 39.3 cm³/mol. The van der Waals surface area contributed by atoms with E-state index in [2.05, 4.69) is 6.92 Å². The normalized spacial score (nSPS) is 34.8. The van der Waals surface area contributed by atoms with Gasteiger partial charge >= 0.3 is 0 Å². The van der Waals surface area contributed by atoms with E-state index >= 15 is 0 Å². The summed E-state index contributed by atoms with van der Waals surface area (Å²) in [5.74, 6) is 0.627. The van der Waals surface area contributed by atoms with E-state index in [4.69, 9.17) is 10.2 Å². The number of aliphatic hydroxyl groups is 2. The maximum Gasteiger partial charge on any atom is 0.154 e. The van der Waals surface area contributed by atoms with E-state index in [0.29, 0.717) is 5.92 Å². The van der Waals surface area contributed by atoms with Crippen LogP contribution in [-0.2, 0) is 0 Å². The van der Waals surface area contributed by atoms with Crippen molar-refractivity contribution in [1.82, 2.24) is 0 Å². The van der Waals surface area contributed by atoms with Crippen LogP contribution in [0.1, 0.15) is 32.6 Å². The Balaban J connectivity index is 2.40. The zero-order valence-corrected chi connectivity index (χ0v) is 6.45. The molecule has 1 rings (SSSR count). The maximum absolute atomic E-state index is 8.90. The molecule has 1 saturated carbocycles. The van der Waals surface area contributed by atoms with Gasteiger partial charge in [-0.1, -0.05) is 26.2 Å². The van der Waals surface area contributed by atoms with Crippen LogP contribution in [0.3, 0.4) is 0 Å². The van der Waals surface area contributed by atoms with E-state index < -0.39 is 6.29 Å². The second kappa shape index (κ2) is 3.35. The molecule has 2 atom stereocenters. The van der Waals surface area contributed by atoms with Crippen molar-refractivity contribution < 1.29 is 10.2 Å². The molecule has 0 spiro atoms. The largest absolute Gasteiger partial charge is 0.368 e. The standard InChI is InChI=1S/C8H16O2/c1-6-4-2-3-5-7(6)8(9)10/h6-10H,2-5H2,1H3. The van der Waals surface area contributed by atoms with Crippen LogP contribution in [0, 0.1) is 11.8 Å². The molecule has 1 fully saturated rings. The summed E-state index contributed by atoms with van der Waals surface area (Å²) in [6, 6.07) is 0. The van der Waals surface area contributed by atoms with Crippen LogP contribution in [0.2, 0.25) is 0 Å². The second-order valence-corrected chi connectivity index (χ2v) is 3.34. The Morgan fingerprint density at radius 2 is 1.80 bits per heavy atom. The summed E-state index contributed by atoms with van der Waals surface area (Å²) in [6.07, 6.45) is 3.47.